The van der Waals surface area contributed by atoms with Gasteiger partial charge in [0, 0.05) is 0 Å². The molecule has 7 heteroatoms. The minimum atomic E-state index is -2.81. The Morgan fingerprint density at radius 1 is 0.970 bits per heavy atom. The zero-order chi connectivity index (χ0) is 24.3. The van der Waals surface area contributed by atoms with E-state index < -0.39 is 32.0 Å². The number of benzene rings is 2. The molecule has 1 aliphatic heterocycles. The zero-order valence-electron chi connectivity index (χ0n) is 20.5. The third-order valence-corrected chi connectivity index (χ3v) is 10.7. The van der Waals surface area contributed by atoms with Gasteiger partial charge in [-0.05, 0) is 36.2 Å². The van der Waals surface area contributed by atoms with Gasteiger partial charge in [0.25, 0.3) is 14.2 Å². The van der Waals surface area contributed by atoms with Crippen LogP contribution >= 0.6 is 0 Å². The summed E-state index contributed by atoms with van der Waals surface area (Å²) < 4.78 is 17.9. The summed E-state index contributed by atoms with van der Waals surface area (Å²) in [5, 5.41) is 2.05. The predicted octanol–water partition coefficient (Wildman–Crippen LogP) is 3.73. The summed E-state index contributed by atoms with van der Waals surface area (Å²) in [6.45, 7) is 12.1. The van der Waals surface area contributed by atoms with Crippen LogP contribution in [0.5, 0.6) is 0 Å². The minimum Gasteiger partial charge on any atom is -0.443 e. The van der Waals surface area contributed by atoms with Crippen LogP contribution < -0.4 is 10.4 Å². The number of hydrogen-bond acceptors (Lipinski definition) is 5. The van der Waals surface area contributed by atoms with Crippen LogP contribution in [0.2, 0.25) is 5.04 Å². The maximum absolute atomic E-state index is 12.9. The number of ether oxygens (including phenoxy) is 2. The Morgan fingerprint density at radius 3 is 1.94 bits per heavy atom. The summed E-state index contributed by atoms with van der Waals surface area (Å²) in [5.41, 5.74) is -0.709. The van der Waals surface area contributed by atoms with Crippen molar-refractivity contribution in [2.75, 3.05) is 19.8 Å². The first kappa shape index (κ1) is 25.1. The van der Waals surface area contributed by atoms with Crippen molar-refractivity contribution >= 4 is 30.7 Å². The van der Waals surface area contributed by atoms with E-state index in [9.17, 15) is 9.59 Å². The molecule has 2 aromatic rings. The highest BCUT2D eigenvalue weighted by atomic mass is 28.4. The van der Waals surface area contributed by atoms with Crippen molar-refractivity contribution in [2.24, 2.45) is 0 Å². The van der Waals surface area contributed by atoms with E-state index in [0.717, 1.165) is 10.4 Å². The number of morpholine rings is 1. The molecule has 0 aliphatic carbocycles. The molecule has 6 nitrogen and oxygen atoms in total. The van der Waals surface area contributed by atoms with Crippen LogP contribution in [0.3, 0.4) is 0 Å². The lowest BCUT2D eigenvalue weighted by Crippen LogP contribution is -2.68. The summed E-state index contributed by atoms with van der Waals surface area (Å²) in [7, 11) is -2.81. The van der Waals surface area contributed by atoms with E-state index in [-0.39, 0.29) is 24.9 Å². The summed E-state index contributed by atoms with van der Waals surface area (Å²) in [6, 6.07) is 20.0. The average molecular weight is 470 g/mol. The Labute approximate surface area is 198 Å². The highest BCUT2D eigenvalue weighted by Gasteiger charge is 2.51. The van der Waals surface area contributed by atoms with Gasteiger partial charge in [0.2, 0.25) is 0 Å². The van der Waals surface area contributed by atoms with Gasteiger partial charge in [0.05, 0.1) is 19.3 Å². The second kappa shape index (κ2) is 9.79. The van der Waals surface area contributed by atoms with Crippen LogP contribution in [0, 0.1) is 0 Å². The van der Waals surface area contributed by atoms with Gasteiger partial charge in [0.1, 0.15) is 12.2 Å². The van der Waals surface area contributed by atoms with Crippen molar-refractivity contribution in [3.05, 3.63) is 60.7 Å². The van der Waals surface area contributed by atoms with Gasteiger partial charge in [-0.25, -0.2) is 9.69 Å². The molecule has 33 heavy (non-hydrogen) atoms. The van der Waals surface area contributed by atoms with Crippen LogP contribution in [-0.2, 0) is 18.7 Å². The SMILES string of the molecule is CC(C)(C)OC(=O)N1C(=O)COCC1CO[Si](c1ccccc1)(c1ccccc1)C(C)(C)C. The summed E-state index contributed by atoms with van der Waals surface area (Å²) >= 11 is 0. The number of carbonyl (C=O) groups excluding carboxylic acids is 2. The number of carbonyl (C=O) groups is 2. The van der Waals surface area contributed by atoms with Crippen molar-refractivity contribution in [2.45, 2.75) is 58.2 Å². The topological polar surface area (TPSA) is 65.1 Å². The monoisotopic (exact) mass is 469 g/mol. The molecule has 178 valence electrons. The van der Waals surface area contributed by atoms with E-state index in [1.54, 1.807) is 20.8 Å². The smallest absolute Gasteiger partial charge is 0.417 e. The lowest BCUT2D eigenvalue weighted by Gasteiger charge is -2.44. The van der Waals surface area contributed by atoms with E-state index in [4.69, 9.17) is 13.9 Å². The fourth-order valence-electron chi connectivity index (χ4n) is 4.30. The van der Waals surface area contributed by atoms with E-state index in [1.807, 2.05) is 36.4 Å². The van der Waals surface area contributed by atoms with Gasteiger partial charge in [-0.15, -0.1) is 0 Å². The molecule has 1 atom stereocenters. The van der Waals surface area contributed by atoms with Gasteiger partial charge in [-0.3, -0.25) is 4.79 Å². The zero-order valence-corrected chi connectivity index (χ0v) is 21.5. The number of amides is 2. The predicted molar refractivity (Wildman–Crippen MR) is 131 cm³/mol. The van der Waals surface area contributed by atoms with Crippen LogP contribution in [-0.4, -0.2) is 56.7 Å². The van der Waals surface area contributed by atoms with E-state index >= 15 is 0 Å². The van der Waals surface area contributed by atoms with Crippen molar-refractivity contribution < 1.29 is 23.5 Å². The summed E-state index contributed by atoms with van der Waals surface area (Å²) in [4.78, 5) is 26.7. The summed E-state index contributed by atoms with van der Waals surface area (Å²) in [6.07, 6.45) is -0.660. The van der Waals surface area contributed by atoms with Crippen LogP contribution in [0.4, 0.5) is 4.79 Å². The van der Waals surface area contributed by atoms with Gasteiger partial charge >= 0.3 is 6.09 Å². The third kappa shape index (κ3) is 5.54. The molecule has 2 amide bonds. The van der Waals surface area contributed by atoms with Crippen LogP contribution in [0.1, 0.15) is 41.5 Å². The normalized spacial score (nSPS) is 17.7. The first-order valence-corrected chi connectivity index (χ1v) is 13.2. The van der Waals surface area contributed by atoms with E-state index in [0.29, 0.717) is 0 Å². The molecule has 0 bridgehead atoms. The highest BCUT2D eigenvalue weighted by Crippen LogP contribution is 2.37. The Balaban J connectivity index is 2.00. The molecule has 0 N–H and O–H groups in total. The Kier molecular flexibility index (Phi) is 7.46. The Bertz CT molecular complexity index is 911. The lowest BCUT2D eigenvalue weighted by atomic mass is 10.2. The molecule has 1 heterocycles. The largest absolute Gasteiger partial charge is 0.443 e. The molecule has 0 radical (unpaired) electrons. The number of rotatable bonds is 5. The van der Waals surface area contributed by atoms with Gasteiger partial charge in [-0.2, -0.15) is 0 Å². The average Bonchev–Trinajstić information content (AvgIpc) is 2.73. The minimum absolute atomic E-state index is 0.144. The number of imide groups is 1. The maximum Gasteiger partial charge on any atom is 0.417 e. The fourth-order valence-corrected chi connectivity index (χ4v) is 8.90. The number of nitrogens with zero attached hydrogens (tertiary/aromatic N) is 1. The fraction of sp³-hybridized carbons (Fsp3) is 0.462. The standard InChI is InChI=1S/C26H35NO5Si/c1-25(2,3)32-24(29)27-20(17-30-19-23(27)28)18-31-33(26(4,5)6,21-13-9-7-10-14-21)22-15-11-8-12-16-22/h7-16,20H,17-19H2,1-6H3. The first-order valence-electron chi connectivity index (χ1n) is 11.3. The quantitative estimate of drug-likeness (QED) is 0.625. The molecule has 1 aliphatic rings. The van der Waals surface area contributed by atoms with E-state index in [2.05, 4.69) is 45.0 Å². The molecule has 1 unspecified atom stereocenters. The van der Waals surface area contributed by atoms with Crippen LogP contribution in [0.15, 0.2) is 60.7 Å². The molecule has 1 saturated heterocycles. The Morgan fingerprint density at radius 2 is 1.48 bits per heavy atom. The lowest BCUT2D eigenvalue weighted by molar-refractivity contribution is -0.147. The molecule has 3 rings (SSSR count). The van der Waals surface area contributed by atoms with Gasteiger partial charge in [0.15, 0.2) is 0 Å². The van der Waals surface area contributed by atoms with Crippen LogP contribution in [0.25, 0.3) is 0 Å². The second-order valence-electron chi connectivity index (χ2n) is 10.4. The van der Waals surface area contributed by atoms with E-state index in [1.165, 1.54) is 4.90 Å². The van der Waals surface area contributed by atoms with Crippen molar-refractivity contribution in [1.29, 1.82) is 0 Å². The molecular formula is C26H35NO5Si. The molecule has 0 spiro atoms. The molecule has 1 fully saturated rings. The van der Waals surface area contributed by atoms with Gasteiger partial charge in [-0.1, -0.05) is 81.4 Å². The summed E-state index contributed by atoms with van der Waals surface area (Å²) in [5.74, 6) is -0.411. The second-order valence-corrected chi connectivity index (χ2v) is 14.7. The molecule has 0 saturated carbocycles. The molecule has 2 aromatic carbocycles. The Hall–Kier alpha value is -2.48. The highest BCUT2D eigenvalue weighted by molar-refractivity contribution is 6.99. The molecule has 0 aromatic heterocycles. The van der Waals surface area contributed by atoms with Crippen molar-refractivity contribution in [3.8, 4) is 0 Å². The van der Waals surface area contributed by atoms with Crippen molar-refractivity contribution in [3.63, 3.8) is 0 Å². The van der Waals surface area contributed by atoms with Crippen molar-refractivity contribution in [1.82, 2.24) is 4.90 Å². The number of hydrogen-bond donors (Lipinski definition) is 0. The molecular weight excluding hydrogens is 434 g/mol. The van der Waals surface area contributed by atoms with Gasteiger partial charge < -0.3 is 13.9 Å². The first-order chi connectivity index (χ1) is 15.5. The third-order valence-electron chi connectivity index (χ3n) is 5.67. The maximum atomic E-state index is 12.9.